The van der Waals surface area contributed by atoms with Crippen LogP contribution in [0.15, 0.2) is 48.5 Å². The van der Waals surface area contributed by atoms with Crippen LogP contribution in [0.5, 0.6) is 0 Å². The van der Waals surface area contributed by atoms with Crippen LogP contribution in [0.2, 0.25) is 5.02 Å². The van der Waals surface area contributed by atoms with Gasteiger partial charge in [0.1, 0.15) is 0 Å². The summed E-state index contributed by atoms with van der Waals surface area (Å²) < 4.78 is 27.3. The first-order chi connectivity index (χ1) is 15.4. The fourth-order valence-corrected chi connectivity index (χ4v) is 6.18. The fourth-order valence-electron chi connectivity index (χ4n) is 4.44. The molecule has 2 aromatic rings. The second kappa shape index (κ2) is 10.2. The van der Waals surface area contributed by atoms with Gasteiger partial charge in [-0.25, -0.2) is 12.7 Å². The predicted octanol–water partition coefficient (Wildman–Crippen LogP) is 4.51. The number of piperidine rings is 2. The predicted molar refractivity (Wildman–Crippen MR) is 130 cm³/mol. The third-order valence-corrected chi connectivity index (χ3v) is 8.34. The summed E-state index contributed by atoms with van der Waals surface area (Å²) in [6.07, 6.45) is 5.09. The van der Waals surface area contributed by atoms with E-state index in [-0.39, 0.29) is 24.1 Å². The van der Waals surface area contributed by atoms with Crippen molar-refractivity contribution < 1.29 is 13.2 Å². The smallest absolute Gasteiger partial charge is 0.228 e. The van der Waals surface area contributed by atoms with E-state index in [1.54, 1.807) is 24.3 Å². The molecule has 32 heavy (non-hydrogen) atoms. The number of rotatable bonds is 6. The number of amides is 1. The zero-order chi connectivity index (χ0) is 22.6. The number of hydrogen-bond acceptors (Lipinski definition) is 4. The van der Waals surface area contributed by atoms with Crippen LogP contribution in [0.4, 0.5) is 11.4 Å². The van der Waals surface area contributed by atoms with E-state index in [2.05, 4.69) is 10.2 Å². The van der Waals surface area contributed by atoms with Crippen LogP contribution < -0.4 is 10.2 Å². The van der Waals surface area contributed by atoms with Gasteiger partial charge in [-0.15, -0.1) is 0 Å². The van der Waals surface area contributed by atoms with Gasteiger partial charge in [-0.1, -0.05) is 23.7 Å². The van der Waals surface area contributed by atoms with Gasteiger partial charge >= 0.3 is 0 Å². The maximum Gasteiger partial charge on any atom is 0.228 e. The van der Waals surface area contributed by atoms with E-state index in [1.807, 2.05) is 24.3 Å². The molecule has 4 rings (SSSR count). The van der Waals surface area contributed by atoms with Crippen molar-refractivity contribution in [2.24, 2.45) is 5.92 Å². The van der Waals surface area contributed by atoms with Crippen molar-refractivity contribution in [3.8, 4) is 0 Å². The number of benzene rings is 2. The summed E-state index contributed by atoms with van der Waals surface area (Å²) in [6, 6.07) is 14.8. The average molecular weight is 476 g/mol. The van der Waals surface area contributed by atoms with Crippen molar-refractivity contribution in [3.05, 3.63) is 59.1 Å². The van der Waals surface area contributed by atoms with E-state index in [4.69, 9.17) is 11.6 Å². The van der Waals surface area contributed by atoms with Crippen LogP contribution in [0.25, 0.3) is 0 Å². The van der Waals surface area contributed by atoms with Crippen molar-refractivity contribution in [1.29, 1.82) is 0 Å². The lowest BCUT2D eigenvalue weighted by atomic mass is 9.98. The summed E-state index contributed by atoms with van der Waals surface area (Å²) in [5, 5.41) is 3.55. The van der Waals surface area contributed by atoms with Crippen molar-refractivity contribution in [2.45, 2.75) is 37.9 Å². The van der Waals surface area contributed by atoms with Crippen LogP contribution in [0.3, 0.4) is 0 Å². The molecule has 172 valence electrons. The molecule has 0 bridgehead atoms. The Labute approximate surface area is 195 Å². The summed E-state index contributed by atoms with van der Waals surface area (Å²) in [7, 11) is -3.50. The van der Waals surface area contributed by atoms with Crippen molar-refractivity contribution in [3.63, 3.8) is 0 Å². The molecule has 2 saturated heterocycles. The van der Waals surface area contributed by atoms with E-state index in [0.29, 0.717) is 30.0 Å². The molecule has 1 atom stereocenters. The number of sulfonamides is 1. The molecular formula is C24H30ClN3O3S. The fraction of sp³-hybridized carbons (Fsp3) is 0.458. The number of carbonyl (C=O) groups is 1. The van der Waals surface area contributed by atoms with Gasteiger partial charge in [0.2, 0.25) is 15.9 Å². The molecule has 8 heteroatoms. The minimum atomic E-state index is -3.50. The Morgan fingerprint density at radius 2 is 1.62 bits per heavy atom. The maximum atomic E-state index is 12.9. The topological polar surface area (TPSA) is 69.7 Å². The highest BCUT2D eigenvalue weighted by Gasteiger charge is 2.32. The zero-order valence-corrected chi connectivity index (χ0v) is 19.7. The minimum absolute atomic E-state index is 0.0868. The highest BCUT2D eigenvalue weighted by Crippen LogP contribution is 2.25. The van der Waals surface area contributed by atoms with E-state index in [9.17, 15) is 13.2 Å². The van der Waals surface area contributed by atoms with Gasteiger partial charge in [0.15, 0.2) is 0 Å². The minimum Gasteiger partial charge on any atom is -0.372 e. The number of anilines is 2. The molecule has 2 aromatic carbocycles. The molecule has 0 aliphatic carbocycles. The third-order valence-electron chi connectivity index (χ3n) is 6.27. The molecule has 2 fully saturated rings. The molecule has 0 saturated carbocycles. The molecule has 1 amide bonds. The van der Waals surface area contributed by atoms with Crippen LogP contribution in [-0.2, 0) is 20.6 Å². The highest BCUT2D eigenvalue weighted by molar-refractivity contribution is 7.88. The Balaban J connectivity index is 1.35. The first kappa shape index (κ1) is 23.1. The number of nitrogens with one attached hydrogen (secondary N) is 1. The second-order valence-electron chi connectivity index (χ2n) is 8.66. The van der Waals surface area contributed by atoms with Gasteiger partial charge in [0.25, 0.3) is 0 Å². The average Bonchev–Trinajstić information content (AvgIpc) is 2.81. The van der Waals surface area contributed by atoms with Gasteiger partial charge in [0, 0.05) is 42.6 Å². The van der Waals surface area contributed by atoms with E-state index in [1.165, 1.54) is 29.3 Å². The molecule has 0 aromatic heterocycles. The summed E-state index contributed by atoms with van der Waals surface area (Å²) in [5.41, 5.74) is 2.62. The van der Waals surface area contributed by atoms with Crippen molar-refractivity contribution >= 4 is 38.9 Å². The van der Waals surface area contributed by atoms with Gasteiger partial charge in [-0.3, -0.25) is 4.79 Å². The molecule has 0 radical (unpaired) electrons. The van der Waals surface area contributed by atoms with E-state index in [0.717, 1.165) is 18.8 Å². The van der Waals surface area contributed by atoms with Crippen LogP contribution in [0, 0.1) is 5.92 Å². The SMILES string of the molecule is O=C(Nc1ccc(N2CCCCC2)cc1)[C@@H]1CCCN(S(=O)(=O)Cc2ccc(Cl)cc2)C1. The summed E-state index contributed by atoms with van der Waals surface area (Å²) in [6.45, 7) is 2.82. The number of nitrogens with zero attached hydrogens (tertiary/aromatic N) is 2. The Morgan fingerprint density at radius 3 is 2.31 bits per heavy atom. The standard InChI is InChI=1S/C24H30ClN3O3S/c25-21-8-6-19(7-9-21)18-32(30,31)28-16-4-5-20(17-28)24(29)26-22-10-12-23(13-11-22)27-14-2-1-3-15-27/h6-13,20H,1-5,14-18H2,(H,26,29)/t20-/m1/s1. The summed E-state index contributed by atoms with van der Waals surface area (Å²) >= 11 is 5.89. The Kier molecular flexibility index (Phi) is 7.38. The lowest BCUT2D eigenvalue weighted by molar-refractivity contribution is -0.120. The molecule has 2 heterocycles. The van der Waals surface area contributed by atoms with Gasteiger partial charge < -0.3 is 10.2 Å². The normalized spacial score (nSPS) is 20.2. The van der Waals surface area contributed by atoms with Gasteiger partial charge in [-0.05, 0) is 74.1 Å². The third kappa shape index (κ3) is 5.82. The zero-order valence-electron chi connectivity index (χ0n) is 18.2. The van der Waals surface area contributed by atoms with Crippen molar-refractivity contribution in [2.75, 3.05) is 36.4 Å². The Morgan fingerprint density at radius 1 is 0.938 bits per heavy atom. The lowest BCUT2D eigenvalue weighted by Gasteiger charge is -2.31. The molecule has 0 spiro atoms. The number of halogens is 1. The number of carbonyl (C=O) groups excluding carboxylic acids is 1. The highest BCUT2D eigenvalue weighted by atomic mass is 35.5. The quantitative estimate of drug-likeness (QED) is 0.667. The summed E-state index contributed by atoms with van der Waals surface area (Å²) in [5.74, 6) is -0.566. The molecule has 0 unspecified atom stereocenters. The van der Waals surface area contributed by atoms with Crippen LogP contribution in [-0.4, -0.2) is 44.8 Å². The largest absolute Gasteiger partial charge is 0.372 e. The maximum absolute atomic E-state index is 12.9. The van der Waals surface area contributed by atoms with Crippen LogP contribution >= 0.6 is 11.6 Å². The monoisotopic (exact) mass is 475 g/mol. The number of hydrogen-bond donors (Lipinski definition) is 1. The van der Waals surface area contributed by atoms with Crippen LogP contribution in [0.1, 0.15) is 37.7 Å². The first-order valence-electron chi connectivity index (χ1n) is 11.3. The Bertz CT molecular complexity index is 1020. The van der Waals surface area contributed by atoms with E-state index >= 15 is 0 Å². The molecule has 1 N–H and O–H groups in total. The lowest BCUT2D eigenvalue weighted by Crippen LogP contribution is -2.44. The Hall–Kier alpha value is -2.09. The van der Waals surface area contributed by atoms with Crippen molar-refractivity contribution in [1.82, 2.24) is 4.31 Å². The van der Waals surface area contributed by atoms with Gasteiger partial charge in [-0.2, -0.15) is 0 Å². The van der Waals surface area contributed by atoms with Gasteiger partial charge in [0.05, 0.1) is 11.7 Å². The molecule has 2 aliphatic heterocycles. The molecule has 6 nitrogen and oxygen atoms in total. The first-order valence-corrected chi connectivity index (χ1v) is 13.3. The summed E-state index contributed by atoms with van der Waals surface area (Å²) in [4.78, 5) is 15.2. The second-order valence-corrected chi connectivity index (χ2v) is 11.1. The van der Waals surface area contributed by atoms with E-state index < -0.39 is 10.0 Å². The molecular weight excluding hydrogens is 446 g/mol. The molecule has 2 aliphatic rings.